The van der Waals surface area contributed by atoms with E-state index in [1.54, 1.807) is 6.07 Å². The van der Waals surface area contributed by atoms with Gasteiger partial charge in [0, 0.05) is 3.57 Å². The zero-order valence-corrected chi connectivity index (χ0v) is 17.2. The molecule has 0 spiro atoms. The zero-order valence-electron chi connectivity index (χ0n) is 14.2. The molecule has 0 heterocycles. The maximum absolute atomic E-state index is 14.5. The van der Waals surface area contributed by atoms with Crippen molar-refractivity contribution in [2.24, 2.45) is 5.14 Å². The maximum Gasteiger partial charge on any atom is 0.211 e. The second-order valence-electron chi connectivity index (χ2n) is 6.65. The van der Waals surface area contributed by atoms with E-state index in [4.69, 9.17) is 5.14 Å². The van der Waals surface area contributed by atoms with Crippen molar-refractivity contribution in [3.8, 4) is 0 Å². The van der Waals surface area contributed by atoms with Gasteiger partial charge in [-0.1, -0.05) is 12.5 Å². The number of primary sulfonamides is 1. The molecule has 2 aromatic carbocycles. The molecule has 9 heteroatoms. The highest BCUT2D eigenvalue weighted by atomic mass is 127. The summed E-state index contributed by atoms with van der Waals surface area (Å²) in [7, 11) is -3.72. The highest BCUT2D eigenvalue weighted by molar-refractivity contribution is 14.1. The van der Waals surface area contributed by atoms with Gasteiger partial charge in [-0.05, 0) is 77.6 Å². The zero-order chi connectivity index (χ0) is 19.8. The molecule has 0 radical (unpaired) electrons. The molecule has 1 fully saturated rings. The van der Waals surface area contributed by atoms with Gasteiger partial charge in [-0.15, -0.1) is 0 Å². The first-order chi connectivity index (χ1) is 12.7. The third-order valence-electron chi connectivity index (χ3n) is 4.85. The standard InChI is InChI=1S/C18H18F3IN2O2S/c19-14-6-5-13(10-2-1-3-12(8-10)27(23,25)26)18(17(14)21)24-16-7-4-11(22)9-15(16)20/h4-7,9-10,12,24H,1-3,8H2,(H2,23,25,26). The topological polar surface area (TPSA) is 72.2 Å². The van der Waals surface area contributed by atoms with Gasteiger partial charge in [-0.3, -0.25) is 0 Å². The molecule has 0 bridgehead atoms. The van der Waals surface area contributed by atoms with Gasteiger partial charge < -0.3 is 5.32 Å². The van der Waals surface area contributed by atoms with Gasteiger partial charge in [0.1, 0.15) is 5.82 Å². The summed E-state index contributed by atoms with van der Waals surface area (Å²) in [6.45, 7) is 0. The van der Waals surface area contributed by atoms with Crippen LogP contribution in [-0.4, -0.2) is 13.7 Å². The van der Waals surface area contributed by atoms with Crippen LogP contribution in [0.5, 0.6) is 0 Å². The first-order valence-electron chi connectivity index (χ1n) is 8.38. The Bertz CT molecular complexity index is 969. The minimum Gasteiger partial charge on any atom is -0.350 e. The average molecular weight is 510 g/mol. The second kappa shape index (κ2) is 7.96. The van der Waals surface area contributed by atoms with Gasteiger partial charge in [0.05, 0.1) is 16.6 Å². The lowest BCUT2D eigenvalue weighted by Crippen LogP contribution is -2.32. The lowest BCUT2D eigenvalue weighted by atomic mass is 9.83. The predicted molar refractivity (Wildman–Crippen MR) is 107 cm³/mol. The summed E-state index contributed by atoms with van der Waals surface area (Å²) in [6.07, 6.45) is 1.87. The minimum atomic E-state index is -3.72. The van der Waals surface area contributed by atoms with Crippen LogP contribution in [0.15, 0.2) is 30.3 Å². The van der Waals surface area contributed by atoms with Crippen LogP contribution in [0.3, 0.4) is 0 Å². The lowest BCUT2D eigenvalue weighted by Gasteiger charge is -2.29. The molecule has 1 aliphatic rings. The first kappa shape index (κ1) is 20.4. The quantitative estimate of drug-likeness (QED) is 0.583. The van der Waals surface area contributed by atoms with Crippen LogP contribution < -0.4 is 10.5 Å². The normalized spacial score (nSPS) is 20.5. The van der Waals surface area contributed by atoms with E-state index in [0.717, 1.165) is 6.07 Å². The van der Waals surface area contributed by atoms with Crippen molar-refractivity contribution in [1.82, 2.24) is 0 Å². The summed E-state index contributed by atoms with van der Waals surface area (Å²) < 4.78 is 66.7. The molecule has 2 aromatic rings. The molecule has 0 aliphatic heterocycles. The van der Waals surface area contributed by atoms with Crippen molar-refractivity contribution in [2.75, 3.05) is 5.32 Å². The molecular weight excluding hydrogens is 492 g/mol. The molecule has 1 aliphatic carbocycles. The summed E-state index contributed by atoms with van der Waals surface area (Å²) in [6, 6.07) is 6.78. The number of sulfonamides is 1. The van der Waals surface area contributed by atoms with E-state index < -0.39 is 32.7 Å². The number of nitrogens with one attached hydrogen (secondary N) is 1. The number of anilines is 2. The maximum atomic E-state index is 14.5. The van der Waals surface area contributed by atoms with Gasteiger partial charge >= 0.3 is 0 Å². The average Bonchev–Trinajstić information content (AvgIpc) is 2.60. The van der Waals surface area contributed by atoms with Crippen LogP contribution in [0.2, 0.25) is 0 Å². The first-order valence-corrected chi connectivity index (χ1v) is 11.1. The molecule has 2 atom stereocenters. The molecule has 1 saturated carbocycles. The van der Waals surface area contributed by atoms with Crippen LogP contribution in [0.1, 0.15) is 37.2 Å². The van der Waals surface area contributed by atoms with E-state index in [0.29, 0.717) is 28.4 Å². The molecule has 0 saturated heterocycles. The summed E-state index contributed by atoms with van der Waals surface area (Å²) in [5.74, 6) is -3.11. The third-order valence-corrected chi connectivity index (χ3v) is 6.88. The highest BCUT2D eigenvalue weighted by Crippen LogP contribution is 2.40. The fraction of sp³-hybridized carbons (Fsp3) is 0.333. The Kier molecular flexibility index (Phi) is 6.02. The molecule has 27 heavy (non-hydrogen) atoms. The van der Waals surface area contributed by atoms with Gasteiger partial charge in [0.25, 0.3) is 0 Å². The molecular formula is C18H18F3IN2O2S. The van der Waals surface area contributed by atoms with Crippen molar-refractivity contribution >= 4 is 44.0 Å². The summed E-state index contributed by atoms with van der Waals surface area (Å²) in [5.41, 5.74) is 0.260. The smallest absolute Gasteiger partial charge is 0.211 e. The van der Waals surface area contributed by atoms with Crippen LogP contribution >= 0.6 is 22.6 Å². The van der Waals surface area contributed by atoms with Crippen LogP contribution in [0.25, 0.3) is 0 Å². The number of hydrogen-bond donors (Lipinski definition) is 2. The Morgan fingerprint density at radius 3 is 2.48 bits per heavy atom. The summed E-state index contributed by atoms with van der Waals surface area (Å²) in [4.78, 5) is 0. The summed E-state index contributed by atoms with van der Waals surface area (Å²) in [5, 5.41) is 7.20. The monoisotopic (exact) mass is 510 g/mol. The minimum absolute atomic E-state index is 0.0139. The molecule has 3 rings (SSSR count). The Labute approximate surface area is 169 Å². The molecule has 4 nitrogen and oxygen atoms in total. The number of hydrogen-bond acceptors (Lipinski definition) is 3. The van der Waals surface area contributed by atoms with E-state index in [-0.39, 0.29) is 23.7 Å². The molecule has 0 aromatic heterocycles. The number of nitrogens with two attached hydrogens (primary N) is 1. The second-order valence-corrected chi connectivity index (χ2v) is 9.74. The van der Waals surface area contributed by atoms with Crippen molar-refractivity contribution in [3.63, 3.8) is 0 Å². The van der Waals surface area contributed by atoms with Crippen molar-refractivity contribution in [3.05, 3.63) is 56.9 Å². The number of halogens is 4. The van der Waals surface area contributed by atoms with E-state index >= 15 is 0 Å². The van der Waals surface area contributed by atoms with Crippen molar-refractivity contribution < 1.29 is 21.6 Å². The van der Waals surface area contributed by atoms with E-state index in [1.807, 2.05) is 22.6 Å². The van der Waals surface area contributed by atoms with Crippen molar-refractivity contribution in [1.29, 1.82) is 0 Å². The largest absolute Gasteiger partial charge is 0.350 e. The predicted octanol–water partition coefficient (Wildman–Crippen LogP) is 4.77. The number of rotatable bonds is 4. The fourth-order valence-electron chi connectivity index (χ4n) is 3.48. The van der Waals surface area contributed by atoms with Crippen LogP contribution in [0, 0.1) is 21.0 Å². The van der Waals surface area contributed by atoms with Crippen LogP contribution in [0.4, 0.5) is 24.5 Å². The van der Waals surface area contributed by atoms with Gasteiger partial charge in [0.2, 0.25) is 10.0 Å². The summed E-state index contributed by atoms with van der Waals surface area (Å²) >= 11 is 1.95. The van der Waals surface area contributed by atoms with E-state index in [9.17, 15) is 21.6 Å². The van der Waals surface area contributed by atoms with Crippen LogP contribution in [-0.2, 0) is 10.0 Å². The van der Waals surface area contributed by atoms with E-state index in [1.165, 1.54) is 18.2 Å². The molecule has 3 N–H and O–H groups in total. The van der Waals surface area contributed by atoms with Crippen molar-refractivity contribution in [2.45, 2.75) is 36.9 Å². The molecule has 0 amide bonds. The lowest BCUT2D eigenvalue weighted by molar-refractivity contribution is 0.432. The Morgan fingerprint density at radius 1 is 1.07 bits per heavy atom. The fourth-order valence-corrected chi connectivity index (χ4v) is 4.93. The molecule has 146 valence electrons. The Balaban J connectivity index is 2.00. The SMILES string of the molecule is NS(=O)(=O)C1CCCC(c2ccc(F)c(F)c2Nc2ccc(I)cc2F)C1. The molecule has 2 unspecified atom stereocenters. The van der Waals surface area contributed by atoms with E-state index in [2.05, 4.69) is 5.32 Å². The Hall–Kier alpha value is -1.33. The third kappa shape index (κ3) is 4.57. The number of benzene rings is 2. The highest BCUT2D eigenvalue weighted by Gasteiger charge is 2.32. The Morgan fingerprint density at radius 2 is 1.81 bits per heavy atom. The van der Waals surface area contributed by atoms with Gasteiger partial charge in [-0.25, -0.2) is 26.7 Å². The van der Waals surface area contributed by atoms with Gasteiger partial charge in [-0.2, -0.15) is 0 Å². The van der Waals surface area contributed by atoms with Gasteiger partial charge in [0.15, 0.2) is 11.6 Å².